The lowest BCUT2D eigenvalue weighted by atomic mass is 9.91. The Balaban J connectivity index is 2.10. The molecule has 3 nitrogen and oxygen atoms in total. The van der Waals surface area contributed by atoms with Crippen LogP contribution >= 0.6 is 0 Å². The quantitative estimate of drug-likeness (QED) is 0.898. The summed E-state index contributed by atoms with van der Waals surface area (Å²) in [5, 5.41) is 0. The largest absolute Gasteiger partial charge is 0.497 e. The predicted octanol–water partition coefficient (Wildman–Crippen LogP) is 2.54. The molecular weight excluding hydrogens is 248 g/mol. The van der Waals surface area contributed by atoms with Gasteiger partial charge in [0.2, 0.25) is 0 Å². The smallest absolute Gasteiger partial charge is 0.118 e. The van der Waals surface area contributed by atoms with E-state index in [1.807, 2.05) is 12.1 Å². The van der Waals surface area contributed by atoms with Crippen LogP contribution < -0.4 is 10.5 Å². The fraction of sp³-hybridized carbons (Fsp3) is 0.647. The molecule has 2 N–H and O–H groups in total. The highest BCUT2D eigenvalue weighted by atomic mass is 16.5. The molecule has 1 saturated heterocycles. The van der Waals surface area contributed by atoms with Crippen molar-refractivity contribution >= 4 is 0 Å². The topological polar surface area (TPSA) is 38.5 Å². The fourth-order valence-electron chi connectivity index (χ4n) is 3.07. The van der Waals surface area contributed by atoms with E-state index < -0.39 is 0 Å². The van der Waals surface area contributed by atoms with Gasteiger partial charge >= 0.3 is 0 Å². The predicted molar refractivity (Wildman–Crippen MR) is 84.1 cm³/mol. The molecule has 1 heterocycles. The van der Waals surface area contributed by atoms with Gasteiger partial charge < -0.3 is 10.5 Å². The van der Waals surface area contributed by atoms with E-state index in [9.17, 15) is 0 Å². The van der Waals surface area contributed by atoms with Crippen molar-refractivity contribution in [2.24, 2.45) is 17.6 Å². The summed E-state index contributed by atoms with van der Waals surface area (Å²) in [5.74, 6) is 2.43. The van der Waals surface area contributed by atoms with Crippen LogP contribution in [0.2, 0.25) is 0 Å². The summed E-state index contributed by atoms with van der Waals surface area (Å²) in [4.78, 5) is 2.58. The van der Waals surface area contributed by atoms with Crippen molar-refractivity contribution in [1.82, 2.24) is 4.90 Å². The summed E-state index contributed by atoms with van der Waals surface area (Å²) < 4.78 is 5.22. The second-order valence-electron chi connectivity index (χ2n) is 6.59. The van der Waals surface area contributed by atoms with Gasteiger partial charge in [0.15, 0.2) is 0 Å². The van der Waals surface area contributed by atoms with Crippen LogP contribution in [0.15, 0.2) is 24.3 Å². The highest BCUT2D eigenvalue weighted by molar-refractivity contribution is 5.28. The van der Waals surface area contributed by atoms with Gasteiger partial charge in [-0.25, -0.2) is 0 Å². The van der Waals surface area contributed by atoms with Crippen molar-refractivity contribution in [3.63, 3.8) is 0 Å². The summed E-state index contributed by atoms with van der Waals surface area (Å²) in [6.07, 6.45) is 0.993. The van der Waals surface area contributed by atoms with Gasteiger partial charge in [-0.3, -0.25) is 4.90 Å². The highest BCUT2D eigenvalue weighted by Gasteiger charge is 2.37. The van der Waals surface area contributed by atoms with Crippen molar-refractivity contribution < 1.29 is 4.74 Å². The van der Waals surface area contributed by atoms with Gasteiger partial charge in [-0.15, -0.1) is 0 Å². The molecule has 1 fully saturated rings. The van der Waals surface area contributed by atoms with E-state index in [1.165, 1.54) is 5.56 Å². The molecule has 3 unspecified atom stereocenters. The molecule has 0 aromatic heterocycles. The lowest BCUT2D eigenvalue weighted by Gasteiger charge is -2.38. The first-order valence-electron chi connectivity index (χ1n) is 7.56. The Labute approximate surface area is 123 Å². The first-order chi connectivity index (χ1) is 9.48. The van der Waals surface area contributed by atoms with Crippen LogP contribution in [0.25, 0.3) is 0 Å². The van der Waals surface area contributed by atoms with Crippen molar-refractivity contribution in [3.8, 4) is 5.75 Å². The third-order valence-corrected chi connectivity index (χ3v) is 4.94. The molecule has 3 atom stereocenters. The van der Waals surface area contributed by atoms with Crippen LogP contribution in [0.5, 0.6) is 5.75 Å². The second-order valence-corrected chi connectivity index (χ2v) is 6.59. The molecule has 0 aliphatic carbocycles. The van der Waals surface area contributed by atoms with Gasteiger partial charge in [-0.05, 0) is 42.9 Å². The standard InChI is InChI=1S/C17H28N2O/c1-13-10-19(11-14(13)2)17(3,12-18)9-15-5-7-16(20-4)8-6-15/h5-8,13-14H,9-12,18H2,1-4H3. The Hall–Kier alpha value is -1.06. The third kappa shape index (κ3) is 3.15. The summed E-state index contributed by atoms with van der Waals surface area (Å²) in [5.41, 5.74) is 7.49. The number of nitrogens with two attached hydrogens (primary N) is 1. The first kappa shape index (κ1) is 15.3. The number of benzene rings is 1. The van der Waals surface area contributed by atoms with Gasteiger partial charge in [-0.1, -0.05) is 26.0 Å². The van der Waals surface area contributed by atoms with E-state index in [4.69, 9.17) is 10.5 Å². The zero-order chi connectivity index (χ0) is 14.8. The minimum Gasteiger partial charge on any atom is -0.497 e. The average molecular weight is 276 g/mol. The molecule has 0 spiro atoms. The molecule has 112 valence electrons. The van der Waals surface area contributed by atoms with Gasteiger partial charge in [0.1, 0.15) is 5.75 Å². The normalized spacial score (nSPS) is 26.4. The molecule has 1 aromatic rings. The van der Waals surface area contributed by atoms with Crippen LogP contribution in [0.3, 0.4) is 0 Å². The van der Waals surface area contributed by atoms with Gasteiger partial charge in [0, 0.05) is 25.2 Å². The van der Waals surface area contributed by atoms with E-state index in [2.05, 4.69) is 37.8 Å². The van der Waals surface area contributed by atoms with E-state index in [0.29, 0.717) is 6.54 Å². The van der Waals surface area contributed by atoms with Crippen LogP contribution in [-0.4, -0.2) is 37.2 Å². The van der Waals surface area contributed by atoms with Crippen LogP contribution in [0, 0.1) is 11.8 Å². The summed E-state index contributed by atoms with van der Waals surface area (Å²) in [6, 6.07) is 8.36. The van der Waals surface area contributed by atoms with E-state index in [1.54, 1.807) is 7.11 Å². The van der Waals surface area contributed by atoms with Crippen LogP contribution in [0.4, 0.5) is 0 Å². The molecule has 0 saturated carbocycles. The molecule has 3 heteroatoms. The molecular formula is C17H28N2O. The van der Waals surface area contributed by atoms with Gasteiger partial charge in [-0.2, -0.15) is 0 Å². The number of hydrogen-bond acceptors (Lipinski definition) is 3. The fourth-order valence-corrected chi connectivity index (χ4v) is 3.07. The Bertz CT molecular complexity index is 421. The maximum atomic E-state index is 6.12. The van der Waals surface area contributed by atoms with Gasteiger partial charge in [0.05, 0.1) is 7.11 Å². The number of methoxy groups -OCH3 is 1. The summed E-state index contributed by atoms with van der Waals surface area (Å²) in [6.45, 7) is 9.99. The maximum absolute atomic E-state index is 6.12. The Kier molecular flexibility index (Phi) is 4.71. The van der Waals surface area contributed by atoms with Gasteiger partial charge in [0.25, 0.3) is 0 Å². The molecule has 20 heavy (non-hydrogen) atoms. The SMILES string of the molecule is COc1ccc(CC(C)(CN)N2CC(C)C(C)C2)cc1. The minimum atomic E-state index is 0.0492. The van der Waals surface area contributed by atoms with E-state index >= 15 is 0 Å². The average Bonchev–Trinajstić information content (AvgIpc) is 2.80. The number of hydrogen-bond donors (Lipinski definition) is 1. The number of ether oxygens (including phenoxy) is 1. The minimum absolute atomic E-state index is 0.0492. The van der Waals surface area contributed by atoms with Crippen molar-refractivity contribution in [2.75, 3.05) is 26.7 Å². The van der Waals surface area contributed by atoms with Crippen LogP contribution in [0.1, 0.15) is 26.3 Å². The second kappa shape index (κ2) is 6.15. The molecule has 1 aromatic carbocycles. The molecule has 2 rings (SSSR count). The van der Waals surface area contributed by atoms with E-state index in [0.717, 1.165) is 37.1 Å². The molecule has 1 aliphatic rings. The van der Waals surface area contributed by atoms with Crippen molar-refractivity contribution in [1.29, 1.82) is 0 Å². The maximum Gasteiger partial charge on any atom is 0.118 e. The molecule has 0 bridgehead atoms. The molecule has 1 aliphatic heterocycles. The Morgan fingerprint density at radius 3 is 2.20 bits per heavy atom. The Morgan fingerprint density at radius 2 is 1.75 bits per heavy atom. The first-order valence-corrected chi connectivity index (χ1v) is 7.56. The van der Waals surface area contributed by atoms with Crippen molar-refractivity contribution in [3.05, 3.63) is 29.8 Å². The van der Waals surface area contributed by atoms with E-state index in [-0.39, 0.29) is 5.54 Å². The number of nitrogens with zero attached hydrogens (tertiary/aromatic N) is 1. The Morgan fingerprint density at radius 1 is 1.20 bits per heavy atom. The summed E-state index contributed by atoms with van der Waals surface area (Å²) in [7, 11) is 1.70. The lowest BCUT2D eigenvalue weighted by Crippen LogP contribution is -2.52. The summed E-state index contributed by atoms with van der Waals surface area (Å²) >= 11 is 0. The number of likely N-dealkylation sites (tertiary alicyclic amines) is 1. The van der Waals surface area contributed by atoms with Crippen LogP contribution in [-0.2, 0) is 6.42 Å². The molecule has 0 radical (unpaired) electrons. The third-order valence-electron chi connectivity index (χ3n) is 4.94. The lowest BCUT2D eigenvalue weighted by molar-refractivity contribution is 0.135. The zero-order valence-corrected chi connectivity index (χ0v) is 13.2. The van der Waals surface area contributed by atoms with Crippen molar-refractivity contribution in [2.45, 2.75) is 32.7 Å². The monoisotopic (exact) mass is 276 g/mol. The zero-order valence-electron chi connectivity index (χ0n) is 13.2. The highest BCUT2D eigenvalue weighted by Crippen LogP contribution is 2.30. The number of rotatable bonds is 5. The molecule has 0 amide bonds.